The summed E-state index contributed by atoms with van der Waals surface area (Å²) in [6.07, 6.45) is 2.36. The van der Waals surface area contributed by atoms with Gasteiger partial charge in [-0.1, -0.05) is 42.0 Å². The van der Waals surface area contributed by atoms with Gasteiger partial charge in [0.15, 0.2) is 0 Å². The fourth-order valence-electron chi connectivity index (χ4n) is 4.09. The zero-order valence-corrected chi connectivity index (χ0v) is 17.5. The lowest BCUT2D eigenvalue weighted by atomic mass is 9.99. The van der Waals surface area contributed by atoms with Crippen LogP contribution in [0.15, 0.2) is 54.7 Å². The molecule has 0 saturated heterocycles. The molecule has 0 saturated carbocycles. The minimum atomic E-state index is -0.316. The highest BCUT2D eigenvalue weighted by atomic mass is 16.2. The Kier molecular flexibility index (Phi) is 5.36. The number of amides is 2. The molecule has 1 aromatic heterocycles. The van der Waals surface area contributed by atoms with Crippen LogP contribution >= 0.6 is 0 Å². The minimum absolute atomic E-state index is 0.0800. The van der Waals surface area contributed by atoms with Crippen molar-refractivity contribution in [3.63, 3.8) is 0 Å². The van der Waals surface area contributed by atoms with E-state index in [2.05, 4.69) is 22.4 Å². The summed E-state index contributed by atoms with van der Waals surface area (Å²) in [5, 5.41) is 2.95. The van der Waals surface area contributed by atoms with Crippen molar-refractivity contribution in [2.75, 3.05) is 11.9 Å². The van der Waals surface area contributed by atoms with Crippen LogP contribution in [0.5, 0.6) is 0 Å². The van der Waals surface area contributed by atoms with Crippen LogP contribution in [0.1, 0.15) is 48.7 Å². The van der Waals surface area contributed by atoms with Crippen LogP contribution in [0.25, 0.3) is 0 Å². The van der Waals surface area contributed by atoms with Crippen LogP contribution in [0.2, 0.25) is 0 Å². The molecule has 2 aromatic carbocycles. The van der Waals surface area contributed by atoms with E-state index in [1.54, 1.807) is 12.1 Å². The number of hydrogen-bond donors (Lipinski definition) is 1. The zero-order valence-electron chi connectivity index (χ0n) is 17.5. The van der Waals surface area contributed by atoms with Gasteiger partial charge in [0.25, 0.3) is 11.8 Å². The van der Waals surface area contributed by atoms with E-state index in [1.807, 2.05) is 49.9 Å². The van der Waals surface area contributed by atoms with E-state index in [4.69, 9.17) is 0 Å². The van der Waals surface area contributed by atoms with E-state index in [9.17, 15) is 9.59 Å². The Morgan fingerprint density at radius 1 is 0.967 bits per heavy atom. The van der Waals surface area contributed by atoms with Crippen LogP contribution in [-0.2, 0) is 13.0 Å². The Bertz CT molecular complexity index is 1110. The quantitative estimate of drug-likeness (QED) is 0.707. The number of aryl methyl sites for hydroxylation is 3. The summed E-state index contributed by atoms with van der Waals surface area (Å²) in [4.78, 5) is 31.9. The fraction of sp³-hybridized carbons (Fsp3) is 0.240. The Hall–Kier alpha value is -3.47. The number of anilines is 1. The number of aromatic nitrogens is 1. The van der Waals surface area contributed by atoms with Gasteiger partial charge < -0.3 is 10.2 Å². The summed E-state index contributed by atoms with van der Waals surface area (Å²) < 4.78 is 0. The highest BCUT2D eigenvalue weighted by molar-refractivity contribution is 6.05. The molecule has 1 N–H and O–H groups in total. The number of hydrogen-bond acceptors (Lipinski definition) is 3. The number of rotatable bonds is 3. The topological polar surface area (TPSA) is 62.3 Å². The van der Waals surface area contributed by atoms with Crippen LogP contribution in [0.4, 0.5) is 5.69 Å². The van der Waals surface area contributed by atoms with Crippen LogP contribution < -0.4 is 5.32 Å². The number of pyridine rings is 1. The summed E-state index contributed by atoms with van der Waals surface area (Å²) >= 11 is 0. The molecule has 0 unspecified atom stereocenters. The first kappa shape index (κ1) is 19.8. The van der Waals surface area contributed by atoms with Crippen LogP contribution in [0, 0.1) is 20.8 Å². The monoisotopic (exact) mass is 399 g/mol. The van der Waals surface area contributed by atoms with Gasteiger partial charge in [-0.25, -0.2) is 0 Å². The first-order valence-electron chi connectivity index (χ1n) is 10.1. The molecule has 0 radical (unpaired) electrons. The van der Waals surface area contributed by atoms with Gasteiger partial charge in [0.2, 0.25) is 0 Å². The smallest absolute Gasteiger partial charge is 0.274 e. The van der Waals surface area contributed by atoms with Crippen molar-refractivity contribution >= 4 is 17.5 Å². The first-order valence-corrected chi connectivity index (χ1v) is 10.1. The van der Waals surface area contributed by atoms with Crippen molar-refractivity contribution in [1.29, 1.82) is 0 Å². The maximum Gasteiger partial charge on any atom is 0.274 e. The molecule has 0 fully saturated rings. The lowest BCUT2D eigenvalue weighted by Crippen LogP contribution is -2.36. The van der Waals surface area contributed by atoms with Gasteiger partial charge in [-0.15, -0.1) is 0 Å². The largest absolute Gasteiger partial charge is 0.334 e. The molecule has 1 aliphatic heterocycles. The molecule has 30 heavy (non-hydrogen) atoms. The number of fused-ring (bicyclic) bond motifs is 1. The third kappa shape index (κ3) is 3.96. The third-order valence-corrected chi connectivity index (χ3v) is 5.57. The lowest BCUT2D eigenvalue weighted by Gasteiger charge is -2.29. The van der Waals surface area contributed by atoms with Gasteiger partial charge in [-0.05, 0) is 61.6 Å². The number of nitrogens with zero attached hydrogens (tertiary/aromatic N) is 2. The Morgan fingerprint density at radius 2 is 1.67 bits per heavy atom. The molecular formula is C25H25N3O2. The predicted molar refractivity (Wildman–Crippen MR) is 118 cm³/mol. The van der Waals surface area contributed by atoms with Crippen molar-refractivity contribution in [2.24, 2.45) is 0 Å². The molecule has 4 rings (SSSR count). The van der Waals surface area contributed by atoms with E-state index < -0.39 is 0 Å². The van der Waals surface area contributed by atoms with Crippen molar-refractivity contribution in [3.8, 4) is 0 Å². The molecule has 5 nitrogen and oxygen atoms in total. The van der Waals surface area contributed by atoms with Crippen molar-refractivity contribution in [3.05, 3.63) is 93.8 Å². The third-order valence-electron chi connectivity index (χ3n) is 5.57. The second-order valence-electron chi connectivity index (χ2n) is 7.90. The second-order valence-corrected chi connectivity index (χ2v) is 7.90. The molecule has 3 aromatic rings. The summed E-state index contributed by atoms with van der Waals surface area (Å²) in [5.74, 6) is -0.396. The maximum absolute atomic E-state index is 13.1. The molecule has 152 valence electrons. The summed E-state index contributed by atoms with van der Waals surface area (Å²) in [7, 11) is 0. The van der Waals surface area contributed by atoms with E-state index >= 15 is 0 Å². The molecule has 0 bridgehead atoms. The Balaban J connectivity index is 1.53. The van der Waals surface area contributed by atoms with Gasteiger partial charge in [-0.3, -0.25) is 14.6 Å². The summed E-state index contributed by atoms with van der Waals surface area (Å²) in [5.41, 5.74) is 7.12. The number of carbonyl (C=O) groups excluding carboxylic acids is 2. The van der Waals surface area contributed by atoms with Gasteiger partial charge in [-0.2, -0.15) is 0 Å². The van der Waals surface area contributed by atoms with Gasteiger partial charge in [0, 0.05) is 30.5 Å². The van der Waals surface area contributed by atoms with Gasteiger partial charge in [0.1, 0.15) is 5.69 Å². The summed E-state index contributed by atoms with van der Waals surface area (Å²) in [6.45, 7) is 7.22. The second kappa shape index (κ2) is 8.11. The average molecular weight is 399 g/mol. The van der Waals surface area contributed by atoms with Crippen LogP contribution in [0.3, 0.4) is 0 Å². The van der Waals surface area contributed by atoms with Crippen molar-refractivity contribution < 1.29 is 9.59 Å². The highest BCUT2D eigenvalue weighted by Crippen LogP contribution is 2.23. The average Bonchev–Trinajstić information content (AvgIpc) is 2.75. The number of nitrogens with one attached hydrogen (secondary N) is 1. The Morgan fingerprint density at radius 3 is 2.40 bits per heavy atom. The van der Waals surface area contributed by atoms with Crippen molar-refractivity contribution in [1.82, 2.24) is 9.88 Å². The highest BCUT2D eigenvalue weighted by Gasteiger charge is 2.22. The summed E-state index contributed by atoms with van der Waals surface area (Å²) in [6, 6.07) is 15.5. The molecule has 5 heteroatoms. The van der Waals surface area contributed by atoms with E-state index in [1.165, 1.54) is 17.3 Å². The normalized spacial score (nSPS) is 13.0. The first-order chi connectivity index (χ1) is 14.4. The molecule has 2 heterocycles. The SMILES string of the molecule is Cc1cc(C)c(NC(=O)c2cc(C(=O)N3CCc4ccccc4C3)ccn2)c(C)c1. The van der Waals surface area contributed by atoms with E-state index in [0.29, 0.717) is 18.7 Å². The molecule has 1 aliphatic rings. The minimum Gasteiger partial charge on any atom is -0.334 e. The molecule has 2 amide bonds. The fourth-order valence-corrected chi connectivity index (χ4v) is 4.09. The predicted octanol–water partition coefficient (Wildman–Crippen LogP) is 4.46. The van der Waals surface area contributed by atoms with Crippen molar-refractivity contribution in [2.45, 2.75) is 33.7 Å². The Labute approximate surface area is 176 Å². The molecule has 0 atom stereocenters. The number of benzene rings is 2. The molecular weight excluding hydrogens is 374 g/mol. The molecule has 0 spiro atoms. The van der Waals surface area contributed by atoms with Crippen LogP contribution in [-0.4, -0.2) is 28.2 Å². The van der Waals surface area contributed by atoms with Gasteiger partial charge >= 0.3 is 0 Å². The van der Waals surface area contributed by atoms with E-state index in [0.717, 1.165) is 28.8 Å². The zero-order chi connectivity index (χ0) is 21.3. The van der Waals surface area contributed by atoms with E-state index in [-0.39, 0.29) is 17.5 Å². The van der Waals surface area contributed by atoms with Gasteiger partial charge in [0.05, 0.1) is 0 Å². The lowest BCUT2D eigenvalue weighted by molar-refractivity contribution is 0.0734. The molecule has 0 aliphatic carbocycles. The maximum atomic E-state index is 13.1. The number of carbonyl (C=O) groups is 2. The standard InChI is InChI=1S/C25H25N3O2/c1-16-12-17(2)23(18(3)13-16)27-24(29)22-14-20(8-10-26-22)25(30)28-11-9-19-6-4-5-7-21(19)15-28/h4-8,10,12-14H,9,11,15H2,1-3H3,(H,27,29).